The van der Waals surface area contributed by atoms with E-state index < -0.39 is 12.2 Å². The maximum atomic E-state index is 9.96. The highest BCUT2D eigenvalue weighted by molar-refractivity contribution is 7.80. The van der Waals surface area contributed by atoms with Crippen LogP contribution in [0.3, 0.4) is 0 Å². The number of aliphatic hydroxyl groups excluding tert-OH is 2. The first-order valence-electron chi connectivity index (χ1n) is 4.96. The Balaban J connectivity index is 2.94. The molecule has 1 aromatic heterocycles. The molecule has 0 fully saturated rings. The average Bonchev–Trinajstić information content (AvgIpc) is 2.41. The fraction of sp³-hybridized carbons (Fsp3) is 0.700. The Morgan fingerprint density at radius 3 is 2.40 bits per heavy atom. The maximum absolute atomic E-state index is 9.96. The summed E-state index contributed by atoms with van der Waals surface area (Å²) in [5.41, 5.74) is 2.38. The lowest BCUT2D eigenvalue weighted by Crippen LogP contribution is -2.19. The molecule has 0 amide bonds. The molecule has 1 rings (SSSR count). The third-order valence-corrected chi connectivity index (χ3v) is 2.91. The van der Waals surface area contributed by atoms with Crippen LogP contribution in [0.25, 0.3) is 0 Å². The van der Waals surface area contributed by atoms with E-state index in [1.165, 1.54) is 0 Å². The third kappa shape index (κ3) is 2.53. The van der Waals surface area contributed by atoms with Gasteiger partial charge in [0, 0.05) is 18.3 Å². The molecule has 2 unspecified atom stereocenters. The van der Waals surface area contributed by atoms with E-state index in [-0.39, 0.29) is 0 Å². The summed E-state index contributed by atoms with van der Waals surface area (Å²) >= 11 is 4.03. The Bertz CT molecular complexity index is 338. The minimum absolute atomic E-state index is 0.470. The molecule has 0 bridgehead atoms. The highest BCUT2D eigenvalue weighted by Crippen LogP contribution is 2.25. The van der Waals surface area contributed by atoms with Gasteiger partial charge in [-0.2, -0.15) is 17.7 Å². The molecule has 1 aromatic rings. The first-order valence-corrected chi connectivity index (χ1v) is 5.59. The van der Waals surface area contributed by atoms with Crippen molar-refractivity contribution in [3.63, 3.8) is 0 Å². The smallest absolute Gasteiger partial charge is 0.108 e. The van der Waals surface area contributed by atoms with E-state index in [4.69, 9.17) is 0 Å². The van der Waals surface area contributed by atoms with E-state index >= 15 is 0 Å². The van der Waals surface area contributed by atoms with Crippen LogP contribution >= 0.6 is 12.6 Å². The van der Waals surface area contributed by atoms with Crippen LogP contribution in [-0.2, 0) is 7.05 Å². The first-order chi connectivity index (χ1) is 6.99. The van der Waals surface area contributed by atoms with Gasteiger partial charge in [0.15, 0.2) is 0 Å². The Kier molecular flexibility index (Phi) is 4.19. The predicted octanol–water partition coefficient (Wildman–Crippen LogP) is 0.751. The molecular formula is C10H18N2O2S. The highest BCUT2D eigenvalue weighted by Gasteiger charge is 2.24. The molecule has 0 aliphatic carbocycles. The van der Waals surface area contributed by atoms with Crippen molar-refractivity contribution in [2.24, 2.45) is 7.05 Å². The SMILES string of the molecule is Cc1nn(C)c(C)c1C(O)C(O)CCS. The largest absolute Gasteiger partial charge is 0.390 e. The van der Waals surface area contributed by atoms with Crippen molar-refractivity contribution < 1.29 is 10.2 Å². The molecular weight excluding hydrogens is 212 g/mol. The van der Waals surface area contributed by atoms with Crippen LogP contribution in [0.2, 0.25) is 0 Å². The summed E-state index contributed by atoms with van der Waals surface area (Å²) < 4.78 is 1.71. The molecule has 4 nitrogen and oxygen atoms in total. The molecule has 5 heteroatoms. The lowest BCUT2D eigenvalue weighted by Gasteiger charge is -2.17. The molecule has 2 atom stereocenters. The van der Waals surface area contributed by atoms with E-state index in [2.05, 4.69) is 17.7 Å². The quantitative estimate of drug-likeness (QED) is 0.669. The second-order valence-corrected chi connectivity index (χ2v) is 4.18. The van der Waals surface area contributed by atoms with E-state index in [0.717, 1.165) is 17.0 Å². The van der Waals surface area contributed by atoms with Crippen LogP contribution in [0.4, 0.5) is 0 Å². The van der Waals surface area contributed by atoms with Gasteiger partial charge in [0.05, 0.1) is 11.8 Å². The van der Waals surface area contributed by atoms with Gasteiger partial charge in [-0.15, -0.1) is 0 Å². The zero-order chi connectivity index (χ0) is 11.6. The van der Waals surface area contributed by atoms with Crippen molar-refractivity contribution in [1.29, 1.82) is 0 Å². The summed E-state index contributed by atoms with van der Waals surface area (Å²) in [5, 5.41) is 23.9. The average molecular weight is 230 g/mol. The van der Waals surface area contributed by atoms with Crippen LogP contribution in [0.5, 0.6) is 0 Å². The zero-order valence-electron chi connectivity index (χ0n) is 9.30. The second kappa shape index (κ2) is 5.01. The van der Waals surface area contributed by atoms with Gasteiger partial charge in [-0.3, -0.25) is 4.68 Å². The zero-order valence-corrected chi connectivity index (χ0v) is 10.2. The van der Waals surface area contributed by atoms with Crippen molar-refractivity contribution in [1.82, 2.24) is 9.78 Å². The lowest BCUT2D eigenvalue weighted by molar-refractivity contribution is 0.0164. The number of nitrogens with zero attached hydrogens (tertiary/aromatic N) is 2. The molecule has 1 heterocycles. The van der Waals surface area contributed by atoms with Crippen molar-refractivity contribution in [3.05, 3.63) is 17.0 Å². The third-order valence-electron chi connectivity index (χ3n) is 2.65. The minimum Gasteiger partial charge on any atom is -0.390 e. The van der Waals surface area contributed by atoms with Gasteiger partial charge in [-0.05, 0) is 26.0 Å². The van der Waals surface area contributed by atoms with E-state index in [0.29, 0.717) is 12.2 Å². The molecule has 0 aliphatic heterocycles. The number of aryl methyl sites for hydroxylation is 2. The Labute approximate surface area is 95.3 Å². The normalized spacial score (nSPS) is 15.3. The first kappa shape index (κ1) is 12.5. The van der Waals surface area contributed by atoms with Gasteiger partial charge in [-0.25, -0.2) is 0 Å². The second-order valence-electron chi connectivity index (χ2n) is 3.73. The molecule has 0 aliphatic rings. The summed E-state index contributed by atoms with van der Waals surface area (Å²) in [6.07, 6.45) is -1.17. The predicted molar refractivity (Wildman–Crippen MR) is 62.1 cm³/mol. The van der Waals surface area contributed by atoms with Crippen LogP contribution in [0.15, 0.2) is 0 Å². The molecule has 0 saturated heterocycles. The summed E-state index contributed by atoms with van der Waals surface area (Å²) in [6.45, 7) is 3.71. The topological polar surface area (TPSA) is 58.3 Å². The van der Waals surface area contributed by atoms with Crippen molar-refractivity contribution in [3.8, 4) is 0 Å². The minimum atomic E-state index is -0.870. The molecule has 15 heavy (non-hydrogen) atoms. The van der Waals surface area contributed by atoms with Gasteiger partial charge in [-0.1, -0.05) is 0 Å². The summed E-state index contributed by atoms with van der Waals surface area (Å²) in [5.74, 6) is 0.552. The monoisotopic (exact) mass is 230 g/mol. The van der Waals surface area contributed by atoms with Gasteiger partial charge < -0.3 is 10.2 Å². The molecule has 0 spiro atoms. The number of aliphatic hydroxyl groups is 2. The van der Waals surface area contributed by atoms with Gasteiger partial charge in [0.2, 0.25) is 0 Å². The van der Waals surface area contributed by atoms with Crippen molar-refractivity contribution in [2.45, 2.75) is 32.5 Å². The van der Waals surface area contributed by atoms with Crippen LogP contribution in [0.1, 0.15) is 29.5 Å². The number of hydrogen-bond acceptors (Lipinski definition) is 4. The summed E-state index contributed by atoms with van der Waals surface area (Å²) in [7, 11) is 1.82. The molecule has 0 aromatic carbocycles. The number of hydrogen-bond donors (Lipinski definition) is 3. The highest BCUT2D eigenvalue weighted by atomic mass is 32.1. The van der Waals surface area contributed by atoms with Crippen molar-refractivity contribution in [2.75, 3.05) is 5.75 Å². The number of aromatic nitrogens is 2. The Morgan fingerprint density at radius 1 is 1.40 bits per heavy atom. The summed E-state index contributed by atoms with van der Waals surface area (Å²) in [4.78, 5) is 0. The lowest BCUT2D eigenvalue weighted by atomic mass is 10.0. The molecule has 86 valence electrons. The Morgan fingerprint density at radius 2 is 2.00 bits per heavy atom. The number of thiol groups is 1. The Hall–Kier alpha value is -0.520. The molecule has 0 radical (unpaired) electrons. The molecule has 0 saturated carbocycles. The van der Waals surface area contributed by atoms with E-state index in [1.54, 1.807) is 4.68 Å². The fourth-order valence-corrected chi connectivity index (χ4v) is 1.97. The van der Waals surface area contributed by atoms with Gasteiger partial charge in [0.25, 0.3) is 0 Å². The van der Waals surface area contributed by atoms with Crippen LogP contribution in [0, 0.1) is 13.8 Å². The summed E-state index contributed by atoms with van der Waals surface area (Å²) in [6, 6.07) is 0. The standard InChI is InChI=1S/C10H18N2O2S/c1-6-9(7(2)12(3)11-6)10(14)8(13)4-5-15/h8,10,13-15H,4-5H2,1-3H3. The van der Waals surface area contributed by atoms with Crippen molar-refractivity contribution >= 4 is 12.6 Å². The fourth-order valence-electron chi connectivity index (χ4n) is 1.70. The maximum Gasteiger partial charge on any atom is 0.108 e. The van der Waals surface area contributed by atoms with Crippen LogP contribution < -0.4 is 0 Å². The van der Waals surface area contributed by atoms with Crippen LogP contribution in [-0.4, -0.2) is 31.9 Å². The van der Waals surface area contributed by atoms with E-state index in [9.17, 15) is 10.2 Å². The van der Waals surface area contributed by atoms with E-state index in [1.807, 2.05) is 20.9 Å². The molecule has 2 N–H and O–H groups in total. The van der Waals surface area contributed by atoms with Gasteiger partial charge in [0.1, 0.15) is 6.10 Å². The van der Waals surface area contributed by atoms with Gasteiger partial charge >= 0.3 is 0 Å². The number of rotatable bonds is 4.